The van der Waals surface area contributed by atoms with Crippen molar-refractivity contribution in [3.8, 4) is 5.75 Å². The monoisotopic (exact) mass is 477 g/mol. The first-order valence-corrected chi connectivity index (χ1v) is 11.8. The SMILES string of the molecule is COc1cccc(CNC(=O)c2ccc(C)nc2C2CCN(C(=O)c3ccccc3Cl)CC2)c1. The van der Waals surface area contributed by atoms with E-state index in [1.165, 1.54) is 0 Å². The topological polar surface area (TPSA) is 71.5 Å². The van der Waals surface area contributed by atoms with Gasteiger partial charge in [0, 0.05) is 31.2 Å². The van der Waals surface area contributed by atoms with E-state index in [0.29, 0.717) is 35.8 Å². The van der Waals surface area contributed by atoms with E-state index < -0.39 is 0 Å². The number of nitrogens with one attached hydrogen (secondary N) is 1. The smallest absolute Gasteiger partial charge is 0.255 e. The fourth-order valence-corrected chi connectivity index (χ4v) is 4.52. The highest BCUT2D eigenvalue weighted by atomic mass is 35.5. The number of methoxy groups -OCH3 is 1. The van der Waals surface area contributed by atoms with Gasteiger partial charge in [-0.25, -0.2) is 0 Å². The first-order valence-electron chi connectivity index (χ1n) is 11.4. The van der Waals surface area contributed by atoms with Crippen LogP contribution in [0.4, 0.5) is 0 Å². The molecule has 1 saturated heterocycles. The lowest BCUT2D eigenvalue weighted by Gasteiger charge is -2.32. The molecular weight excluding hydrogens is 450 g/mol. The quantitative estimate of drug-likeness (QED) is 0.542. The van der Waals surface area contributed by atoms with Crippen LogP contribution in [0.25, 0.3) is 0 Å². The molecule has 34 heavy (non-hydrogen) atoms. The Labute approximate surface area is 204 Å². The van der Waals surface area contributed by atoms with Crippen molar-refractivity contribution >= 4 is 23.4 Å². The maximum Gasteiger partial charge on any atom is 0.255 e. The molecular formula is C27H28ClN3O3. The number of ether oxygens (including phenoxy) is 1. The number of aryl methyl sites for hydroxylation is 1. The van der Waals surface area contributed by atoms with Crippen molar-refractivity contribution < 1.29 is 14.3 Å². The van der Waals surface area contributed by atoms with Crippen LogP contribution in [0.1, 0.15) is 56.4 Å². The molecule has 1 aliphatic rings. The predicted octanol–water partition coefficient (Wildman–Crippen LogP) is 5.00. The molecule has 0 bridgehead atoms. The van der Waals surface area contributed by atoms with Crippen LogP contribution < -0.4 is 10.1 Å². The Morgan fingerprint density at radius 2 is 1.82 bits per heavy atom. The second-order valence-electron chi connectivity index (χ2n) is 8.47. The molecule has 176 valence electrons. The highest BCUT2D eigenvalue weighted by Crippen LogP contribution is 2.31. The molecule has 1 aromatic heterocycles. The minimum atomic E-state index is -0.153. The maximum absolute atomic E-state index is 13.1. The average Bonchev–Trinajstić information content (AvgIpc) is 2.87. The van der Waals surface area contributed by atoms with E-state index in [-0.39, 0.29) is 17.7 Å². The van der Waals surface area contributed by atoms with Crippen molar-refractivity contribution in [1.29, 1.82) is 0 Å². The van der Waals surface area contributed by atoms with Gasteiger partial charge in [-0.3, -0.25) is 14.6 Å². The van der Waals surface area contributed by atoms with Crippen LogP contribution in [0.5, 0.6) is 5.75 Å². The van der Waals surface area contributed by atoms with E-state index in [4.69, 9.17) is 21.3 Å². The third kappa shape index (κ3) is 5.39. The van der Waals surface area contributed by atoms with E-state index in [0.717, 1.165) is 35.5 Å². The Bertz CT molecular complexity index is 1190. The summed E-state index contributed by atoms with van der Waals surface area (Å²) in [5.41, 5.74) is 3.74. The highest BCUT2D eigenvalue weighted by molar-refractivity contribution is 6.33. The van der Waals surface area contributed by atoms with Gasteiger partial charge in [-0.15, -0.1) is 0 Å². The van der Waals surface area contributed by atoms with Crippen LogP contribution in [-0.2, 0) is 6.54 Å². The molecule has 1 N–H and O–H groups in total. The third-order valence-electron chi connectivity index (χ3n) is 6.17. The first-order chi connectivity index (χ1) is 16.5. The number of likely N-dealkylation sites (tertiary alicyclic amines) is 1. The number of benzene rings is 2. The van der Waals surface area contributed by atoms with Crippen molar-refractivity contribution in [3.63, 3.8) is 0 Å². The largest absolute Gasteiger partial charge is 0.497 e. The number of carbonyl (C=O) groups excluding carboxylic acids is 2. The number of halogens is 1. The zero-order valence-corrected chi connectivity index (χ0v) is 20.1. The van der Waals surface area contributed by atoms with Gasteiger partial charge in [0.1, 0.15) is 5.75 Å². The number of hydrogen-bond acceptors (Lipinski definition) is 4. The van der Waals surface area contributed by atoms with Gasteiger partial charge < -0.3 is 15.0 Å². The minimum Gasteiger partial charge on any atom is -0.497 e. The van der Waals surface area contributed by atoms with E-state index in [2.05, 4.69) is 5.32 Å². The van der Waals surface area contributed by atoms with E-state index in [1.807, 2.05) is 60.4 Å². The number of carbonyl (C=O) groups is 2. The summed E-state index contributed by atoms with van der Waals surface area (Å²) in [5.74, 6) is 0.646. The van der Waals surface area contributed by atoms with Crippen molar-refractivity contribution in [3.05, 3.63) is 93.8 Å². The van der Waals surface area contributed by atoms with Crippen LogP contribution in [-0.4, -0.2) is 41.9 Å². The molecule has 2 heterocycles. The Balaban J connectivity index is 1.44. The number of pyridine rings is 1. The van der Waals surface area contributed by atoms with E-state index >= 15 is 0 Å². The zero-order chi connectivity index (χ0) is 24.1. The Hall–Kier alpha value is -3.38. The molecule has 1 aliphatic heterocycles. The van der Waals surface area contributed by atoms with Crippen LogP contribution in [0.2, 0.25) is 5.02 Å². The fraction of sp³-hybridized carbons (Fsp3) is 0.296. The second-order valence-corrected chi connectivity index (χ2v) is 8.87. The standard InChI is InChI=1S/C27H28ClN3O3/c1-18-10-11-23(26(32)29-17-19-6-5-7-21(16-19)34-2)25(30-18)20-12-14-31(15-13-20)27(33)22-8-3-4-9-24(22)28/h3-11,16,20H,12-15,17H2,1-2H3,(H,29,32). The number of rotatable bonds is 6. The zero-order valence-electron chi connectivity index (χ0n) is 19.4. The molecule has 7 heteroatoms. The second kappa shape index (κ2) is 10.7. The van der Waals surface area contributed by atoms with Crippen LogP contribution in [0, 0.1) is 6.92 Å². The number of amides is 2. The van der Waals surface area contributed by atoms with Gasteiger partial charge in [0.25, 0.3) is 11.8 Å². The summed E-state index contributed by atoms with van der Waals surface area (Å²) in [5, 5.41) is 3.47. The molecule has 6 nitrogen and oxygen atoms in total. The van der Waals surface area contributed by atoms with Gasteiger partial charge >= 0.3 is 0 Å². The van der Waals surface area contributed by atoms with E-state index in [9.17, 15) is 9.59 Å². The van der Waals surface area contributed by atoms with Crippen molar-refractivity contribution in [2.24, 2.45) is 0 Å². The molecule has 1 fully saturated rings. The number of nitrogens with zero attached hydrogens (tertiary/aromatic N) is 2. The third-order valence-corrected chi connectivity index (χ3v) is 6.50. The maximum atomic E-state index is 13.1. The number of aromatic nitrogens is 1. The summed E-state index contributed by atoms with van der Waals surface area (Å²) in [4.78, 5) is 32.6. The summed E-state index contributed by atoms with van der Waals surface area (Å²) >= 11 is 6.22. The number of hydrogen-bond donors (Lipinski definition) is 1. The predicted molar refractivity (Wildman–Crippen MR) is 132 cm³/mol. The molecule has 0 unspecified atom stereocenters. The normalized spacial score (nSPS) is 14.0. The summed E-state index contributed by atoms with van der Waals surface area (Å²) < 4.78 is 5.26. The highest BCUT2D eigenvalue weighted by Gasteiger charge is 2.29. The van der Waals surface area contributed by atoms with Crippen molar-refractivity contribution in [1.82, 2.24) is 15.2 Å². The molecule has 0 atom stereocenters. The summed E-state index contributed by atoms with van der Waals surface area (Å²) in [6.07, 6.45) is 1.48. The molecule has 4 rings (SSSR count). The summed E-state index contributed by atoms with van der Waals surface area (Å²) in [6, 6.07) is 18.4. The minimum absolute atomic E-state index is 0.0579. The van der Waals surface area contributed by atoms with Crippen molar-refractivity contribution in [2.75, 3.05) is 20.2 Å². The lowest BCUT2D eigenvalue weighted by Crippen LogP contribution is -2.38. The van der Waals surface area contributed by atoms with Gasteiger partial charge in [0.05, 0.1) is 29.0 Å². The number of piperidine rings is 1. The molecule has 0 saturated carbocycles. The summed E-state index contributed by atoms with van der Waals surface area (Å²) in [7, 11) is 1.62. The molecule has 2 aromatic carbocycles. The van der Waals surface area contributed by atoms with Crippen LogP contribution in [0.15, 0.2) is 60.7 Å². The lowest BCUT2D eigenvalue weighted by molar-refractivity contribution is 0.0710. The Morgan fingerprint density at radius 1 is 1.06 bits per heavy atom. The van der Waals surface area contributed by atoms with Gasteiger partial charge in [0.15, 0.2) is 0 Å². The molecule has 0 aliphatic carbocycles. The lowest BCUT2D eigenvalue weighted by atomic mass is 9.89. The van der Waals surface area contributed by atoms with Crippen LogP contribution >= 0.6 is 11.6 Å². The molecule has 0 radical (unpaired) electrons. The molecule has 2 amide bonds. The van der Waals surface area contributed by atoms with Gasteiger partial charge in [-0.1, -0.05) is 35.9 Å². The molecule has 3 aromatic rings. The van der Waals surface area contributed by atoms with Crippen LogP contribution in [0.3, 0.4) is 0 Å². The summed E-state index contributed by atoms with van der Waals surface area (Å²) in [6.45, 7) is 3.51. The fourth-order valence-electron chi connectivity index (χ4n) is 4.30. The van der Waals surface area contributed by atoms with E-state index in [1.54, 1.807) is 19.2 Å². The Morgan fingerprint density at radius 3 is 2.56 bits per heavy atom. The molecule has 0 spiro atoms. The van der Waals surface area contributed by atoms with Gasteiger partial charge in [-0.2, -0.15) is 0 Å². The van der Waals surface area contributed by atoms with Gasteiger partial charge in [-0.05, 0) is 61.7 Å². The first kappa shape index (κ1) is 23.8. The van der Waals surface area contributed by atoms with Gasteiger partial charge in [0.2, 0.25) is 0 Å². The Kier molecular flexibility index (Phi) is 7.48. The van der Waals surface area contributed by atoms with Crippen molar-refractivity contribution in [2.45, 2.75) is 32.2 Å². The average molecular weight is 478 g/mol.